The van der Waals surface area contributed by atoms with Gasteiger partial charge >= 0.3 is 17.9 Å². The van der Waals surface area contributed by atoms with Crippen LogP contribution in [0.25, 0.3) is 0 Å². The van der Waals surface area contributed by atoms with Gasteiger partial charge in [-0.1, -0.05) is 6.08 Å². The van der Waals surface area contributed by atoms with Crippen LogP contribution in [0.15, 0.2) is 11.6 Å². The van der Waals surface area contributed by atoms with Gasteiger partial charge in [0.05, 0.1) is 0 Å². The zero-order chi connectivity index (χ0) is 12.1. The number of ether oxygens (including phenoxy) is 1. The molecule has 0 radical (unpaired) electrons. The summed E-state index contributed by atoms with van der Waals surface area (Å²) in [6, 6.07) is 0. The predicted octanol–water partition coefficient (Wildman–Crippen LogP) is 1.28. The van der Waals surface area contributed by atoms with Crippen molar-refractivity contribution in [2.24, 2.45) is 5.92 Å². The van der Waals surface area contributed by atoms with Crippen molar-refractivity contribution in [2.75, 3.05) is 0 Å². The molecule has 0 bridgehead atoms. The summed E-state index contributed by atoms with van der Waals surface area (Å²) in [4.78, 5) is 32.3. The molecule has 5 heteroatoms. The van der Waals surface area contributed by atoms with Gasteiger partial charge in [0.2, 0.25) is 0 Å². The van der Waals surface area contributed by atoms with Gasteiger partial charge < -0.3 is 9.84 Å². The quantitative estimate of drug-likeness (QED) is 0.579. The normalized spacial score (nSPS) is 19.8. The topological polar surface area (TPSA) is 80.7 Å². The minimum Gasteiger partial charge on any atom is -0.478 e. The van der Waals surface area contributed by atoms with Crippen LogP contribution in [0, 0.1) is 5.92 Å². The zero-order valence-electron chi connectivity index (χ0n) is 9.06. The lowest BCUT2D eigenvalue weighted by Gasteiger charge is -2.18. The van der Waals surface area contributed by atoms with Crippen molar-refractivity contribution in [2.45, 2.75) is 32.6 Å². The van der Waals surface area contributed by atoms with E-state index in [0.717, 1.165) is 0 Å². The van der Waals surface area contributed by atoms with E-state index in [9.17, 15) is 14.4 Å². The Kier molecular flexibility index (Phi) is 4.22. The third-order valence-electron chi connectivity index (χ3n) is 2.51. The Hall–Kier alpha value is -1.65. The lowest BCUT2D eigenvalue weighted by atomic mass is 9.87. The molecule has 0 aliphatic heterocycles. The summed E-state index contributed by atoms with van der Waals surface area (Å²) in [6.45, 7) is 1.18. The van der Waals surface area contributed by atoms with Gasteiger partial charge in [-0.3, -0.25) is 9.59 Å². The van der Waals surface area contributed by atoms with Crippen molar-refractivity contribution in [3.8, 4) is 0 Å². The van der Waals surface area contributed by atoms with E-state index in [4.69, 9.17) is 5.11 Å². The molecule has 1 atom stereocenters. The standard InChI is InChI=1S/C11H14O5/c1-7(12)16-10(13)6-8-2-4-9(5-3-8)11(14)15/h4,8H,2-3,5-6H2,1H3,(H,14,15). The summed E-state index contributed by atoms with van der Waals surface area (Å²) in [7, 11) is 0. The van der Waals surface area contributed by atoms with Crippen LogP contribution in [0.5, 0.6) is 0 Å². The van der Waals surface area contributed by atoms with Crippen LogP contribution in [-0.2, 0) is 19.1 Å². The molecule has 0 saturated heterocycles. The fourth-order valence-corrected chi connectivity index (χ4v) is 1.71. The average molecular weight is 226 g/mol. The van der Waals surface area contributed by atoms with Crippen molar-refractivity contribution in [3.63, 3.8) is 0 Å². The van der Waals surface area contributed by atoms with E-state index in [1.807, 2.05) is 0 Å². The van der Waals surface area contributed by atoms with Crippen LogP contribution in [0.2, 0.25) is 0 Å². The van der Waals surface area contributed by atoms with E-state index >= 15 is 0 Å². The first kappa shape index (κ1) is 12.4. The lowest BCUT2D eigenvalue weighted by molar-refractivity contribution is -0.158. The zero-order valence-corrected chi connectivity index (χ0v) is 9.06. The second-order valence-corrected chi connectivity index (χ2v) is 3.84. The van der Waals surface area contributed by atoms with Gasteiger partial charge in [-0.25, -0.2) is 4.79 Å². The highest BCUT2D eigenvalue weighted by molar-refractivity contribution is 5.87. The molecule has 1 unspecified atom stereocenters. The van der Waals surface area contributed by atoms with Crippen LogP contribution < -0.4 is 0 Å². The smallest absolute Gasteiger partial charge is 0.331 e. The third-order valence-corrected chi connectivity index (χ3v) is 2.51. The Balaban J connectivity index is 2.40. The molecule has 5 nitrogen and oxygen atoms in total. The summed E-state index contributed by atoms with van der Waals surface area (Å²) >= 11 is 0. The van der Waals surface area contributed by atoms with E-state index in [1.54, 1.807) is 6.08 Å². The number of aliphatic carboxylic acids is 1. The number of hydrogen-bond acceptors (Lipinski definition) is 4. The van der Waals surface area contributed by atoms with Crippen LogP contribution in [0.4, 0.5) is 0 Å². The number of carboxylic acid groups (broad SMARTS) is 1. The molecule has 0 spiro atoms. The van der Waals surface area contributed by atoms with Crippen LogP contribution in [0.1, 0.15) is 32.6 Å². The molecule has 1 rings (SSSR count). The van der Waals surface area contributed by atoms with Crippen molar-refractivity contribution < 1.29 is 24.2 Å². The van der Waals surface area contributed by atoms with Gasteiger partial charge in [0.1, 0.15) is 0 Å². The highest BCUT2D eigenvalue weighted by Gasteiger charge is 2.21. The molecule has 0 aromatic heterocycles. The fourth-order valence-electron chi connectivity index (χ4n) is 1.71. The minimum atomic E-state index is -0.898. The summed E-state index contributed by atoms with van der Waals surface area (Å²) < 4.78 is 4.41. The Morgan fingerprint density at radius 1 is 1.50 bits per heavy atom. The molecular formula is C11H14O5. The summed E-state index contributed by atoms with van der Waals surface area (Å²) in [6.07, 6.45) is 3.47. The van der Waals surface area contributed by atoms with E-state index in [2.05, 4.69) is 4.74 Å². The molecule has 1 N–H and O–H groups in total. The van der Waals surface area contributed by atoms with Crippen molar-refractivity contribution in [3.05, 3.63) is 11.6 Å². The average Bonchev–Trinajstić information content (AvgIpc) is 2.16. The van der Waals surface area contributed by atoms with E-state index in [1.165, 1.54) is 6.92 Å². The maximum absolute atomic E-state index is 11.2. The number of rotatable bonds is 3. The first-order chi connectivity index (χ1) is 7.49. The summed E-state index contributed by atoms with van der Waals surface area (Å²) in [5.41, 5.74) is 0.399. The van der Waals surface area contributed by atoms with Gasteiger partial charge in [-0.05, 0) is 25.2 Å². The monoisotopic (exact) mass is 226 g/mol. The van der Waals surface area contributed by atoms with Crippen LogP contribution in [0.3, 0.4) is 0 Å². The summed E-state index contributed by atoms with van der Waals surface area (Å²) in [5.74, 6) is -1.97. The summed E-state index contributed by atoms with van der Waals surface area (Å²) in [5, 5.41) is 8.72. The second kappa shape index (κ2) is 5.44. The van der Waals surface area contributed by atoms with Crippen molar-refractivity contribution >= 4 is 17.9 Å². The molecule has 88 valence electrons. The number of carbonyl (C=O) groups excluding carboxylic acids is 2. The molecule has 1 aliphatic carbocycles. The molecule has 0 amide bonds. The molecule has 0 heterocycles. The highest BCUT2D eigenvalue weighted by atomic mass is 16.6. The molecular weight excluding hydrogens is 212 g/mol. The van der Waals surface area contributed by atoms with E-state index in [-0.39, 0.29) is 12.3 Å². The van der Waals surface area contributed by atoms with Crippen molar-refractivity contribution in [1.29, 1.82) is 0 Å². The Morgan fingerprint density at radius 3 is 2.62 bits per heavy atom. The molecule has 16 heavy (non-hydrogen) atoms. The largest absolute Gasteiger partial charge is 0.478 e. The SMILES string of the molecule is CC(=O)OC(=O)CC1CC=C(C(=O)O)CC1. The van der Waals surface area contributed by atoms with Gasteiger partial charge in [0, 0.05) is 18.9 Å². The highest BCUT2D eigenvalue weighted by Crippen LogP contribution is 2.26. The maximum Gasteiger partial charge on any atom is 0.331 e. The molecule has 1 aliphatic rings. The minimum absolute atomic E-state index is 0.0787. The number of carboxylic acids is 1. The van der Waals surface area contributed by atoms with Crippen molar-refractivity contribution in [1.82, 2.24) is 0 Å². The lowest BCUT2D eigenvalue weighted by Crippen LogP contribution is -2.17. The Bertz CT molecular complexity index is 342. The number of allylic oxidation sites excluding steroid dienone is 1. The van der Waals surface area contributed by atoms with Crippen LogP contribution in [-0.4, -0.2) is 23.0 Å². The molecule has 0 fully saturated rings. The number of esters is 2. The first-order valence-corrected chi connectivity index (χ1v) is 5.12. The molecule has 0 aromatic rings. The molecule has 0 saturated carbocycles. The Morgan fingerprint density at radius 2 is 2.19 bits per heavy atom. The van der Waals surface area contributed by atoms with Crippen LogP contribution >= 0.6 is 0 Å². The fraction of sp³-hybridized carbons (Fsp3) is 0.545. The van der Waals surface area contributed by atoms with Gasteiger partial charge in [0.25, 0.3) is 0 Å². The predicted molar refractivity (Wildman–Crippen MR) is 54.4 cm³/mol. The van der Waals surface area contributed by atoms with Gasteiger partial charge in [-0.2, -0.15) is 0 Å². The first-order valence-electron chi connectivity index (χ1n) is 5.12. The second-order valence-electron chi connectivity index (χ2n) is 3.84. The van der Waals surface area contributed by atoms with E-state index in [0.29, 0.717) is 24.8 Å². The Labute approximate surface area is 93.1 Å². The number of hydrogen-bond donors (Lipinski definition) is 1. The van der Waals surface area contributed by atoms with E-state index < -0.39 is 17.9 Å². The van der Waals surface area contributed by atoms with Gasteiger partial charge in [-0.15, -0.1) is 0 Å². The maximum atomic E-state index is 11.2. The number of carbonyl (C=O) groups is 3. The third kappa shape index (κ3) is 3.84. The van der Waals surface area contributed by atoms with Gasteiger partial charge in [0.15, 0.2) is 0 Å². The molecule has 0 aromatic carbocycles.